The average molecular weight is 407 g/mol. The second kappa shape index (κ2) is 9.72. The van der Waals surface area contributed by atoms with Gasteiger partial charge in [0.1, 0.15) is 0 Å². The number of likely N-dealkylation sites (tertiary alicyclic amines) is 1. The molecule has 1 N–H and O–H groups in total. The van der Waals surface area contributed by atoms with Gasteiger partial charge in [-0.3, -0.25) is 19.4 Å². The molecule has 3 rings (SSSR count). The summed E-state index contributed by atoms with van der Waals surface area (Å²) in [6.07, 6.45) is 1.21. The van der Waals surface area contributed by atoms with Crippen LogP contribution in [0.5, 0.6) is 0 Å². The normalized spacial score (nSPS) is 24.2. The van der Waals surface area contributed by atoms with Gasteiger partial charge < -0.3 is 10.2 Å². The van der Waals surface area contributed by atoms with Gasteiger partial charge in [-0.1, -0.05) is 25.4 Å². The van der Waals surface area contributed by atoms with Gasteiger partial charge in [-0.15, -0.1) is 0 Å². The van der Waals surface area contributed by atoms with Crippen molar-refractivity contribution in [2.24, 2.45) is 11.8 Å². The van der Waals surface area contributed by atoms with Gasteiger partial charge >= 0.3 is 0 Å². The van der Waals surface area contributed by atoms with E-state index in [0.29, 0.717) is 29.9 Å². The van der Waals surface area contributed by atoms with E-state index in [0.717, 1.165) is 45.0 Å². The molecule has 6 nitrogen and oxygen atoms in total. The Kier molecular flexibility index (Phi) is 7.32. The lowest BCUT2D eigenvalue weighted by Gasteiger charge is -2.38. The fourth-order valence-corrected chi connectivity index (χ4v) is 4.33. The Labute approximate surface area is 172 Å². The fourth-order valence-electron chi connectivity index (χ4n) is 4.20. The number of benzene rings is 1. The SMILES string of the molecule is C[C@@H]1C[C@@H](C)CN(C(=O)CN2CCN(CC(=O)Nc3ccc(Cl)cc3)CC2)C1. The van der Waals surface area contributed by atoms with Crippen molar-refractivity contribution in [3.05, 3.63) is 29.3 Å². The molecule has 0 saturated carbocycles. The van der Waals surface area contributed by atoms with Gasteiger partial charge in [0, 0.05) is 50.0 Å². The maximum Gasteiger partial charge on any atom is 0.238 e. The predicted octanol–water partition coefficient (Wildman–Crippen LogP) is 2.40. The highest BCUT2D eigenvalue weighted by molar-refractivity contribution is 6.30. The third-order valence-electron chi connectivity index (χ3n) is 5.54. The number of piperidine rings is 1. The summed E-state index contributed by atoms with van der Waals surface area (Å²) in [5.41, 5.74) is 0.753. The molecule has 0 aromatic heterocycles. The van der Waals surface area contributed by atoms with E-state index >= 15 is 0 Å². The molecule has 1 aromatic carbocycles. The molecular formula is C21H31ClN4O2. The second-order valence-corrected chi connectivity index (χ2v) is 8.79. The highest BCUT2D eigenvalue weighted by atomic mass is 35.5. The van der Waals surface area contributed by atoms with Crippen molar-refractivity contribution in [2.45, 2.75) is 20.3 Å². The Morgan fingerprint density at radius 2 is 1.50 bits per heavy atom. The van der Waals surface area contributed by atoms with Gasteiger partial charge in [-0.25, -0.2) is 0 Å². The molecule has 154 valence electrons. The number of hydrogen-bond donors (Lipinski definition) is 1. The lowest BCUT2D eigenvalue weighted by Crippen LogP contribution is -2.52. The summed E-state index contributed by atoms with van der Waals surface area (Å²) in [5, 5.41) is 3.55. The zero-order valence-corrected chi connectivity index (χ0v) is 17.6. The number of piperazine rings is 1. The van der Waals surface area contributed by atoms with Crippen LogP contribution >= 0.6 is 11.6 Å². The van der Waals surface area contributed by atoms with Crippen molar-refractivity contribution < 1.29 is 9.59 Å². The molecule has 2 saturated heterocycles. The molecule has 1 aromatic rings. The minimum atomic E-state index is -0.0249. The van der Waals surface area contributed by atoms with Gasteiger partial charge in [0.25, 0.3) is 0 Å². The number of carbonyl (C=O) groups excluding carboxylic acids is 2. The topological polar surface area (TPSA) is 55.9 Å². The molecule has 0 unspecified atom stereocenters. The molecule has 2 fully saturated rings. The molecular weight excluding hydrogens is 376 g/mol. The smallest absolute Gasteiger partial charge is 0.238 e. The molecule has 2 aliphatic rings. The zero-order valence-electron chi connectivity index (χ0n) is 16.9. The average Bonchev–Trinajstić information content (AvgIpc) is 2.64. The van der Waals surface area contributed by atoms with Crippen LogP contribution in [0.4, 0.5) is 5.69 Å². The van der Waals surface area contributed by atoms with Crippen molar-refractivity contribution in [3.63, 3.8) is 0 Å². The first-order chi connectivity index (χ1) is 13.4. The van der Waals surface area contributed by atoms with E-state index < -0.39 is 0 Å². The minimum absolute atomic E-state index is 0.0249. The molecule has 0 bridgehead atoms. The van der Waals surface area contributed by atoms with Crippen LogP contribution in [-0.2, 0) is 9.59 Å². The van der Waals surface area contributed by atoms with Crippen LogP contribution in [0.2, 0.25) is 5.02 Å². The summed E-state index contributed by atoms with van der Waals surface area (Å²) in [6, 6.07) is 7.12. The van der Waals surface area contributed by atoms with Gasteiger partial charge in [-0.2, -0.15) is 0 Å². The molecule has 0 spiro atoms. The lowest BCUT2D eigenvalue weighted by molar-refractivity contribution is -0.135. The molecule has 2 amide bonds. The fraction of sp³-hybridized carbons (Fsp3) is 0.619. The molecule has 2 atom stereocenters. The number of halogens is 1. The highest BCUT2D eigenvalue weighted by Crippen LogP contribution is 2.21. The Hall–Kier alpha value is -1.63. The number of hydrogen-bond acceptors (Lipinski definition) is 4. The van der Waals surface area contributed by atoms with Gasteiger partial charge in [0.2, 0.25) is 11.8 Å². The van der Waals surface area contributed by atoms with Crippen LogP contribution in [-0.4, -0.2) is 78.9 Å². The molecule has 2 aliphatic heterocycles. The zero-order chi connectivity index (χ0) is 20.1. The standard InChI is InChI=1S/C21H31ClN4O2/c1-16-11-17(2)13-26(12-16)21(28)15-25-9-7-24(8-10-25)14-20(27)23-19-5-3-18(22)4-6-19/h3-6,16-17H,7-15H2,1-2H3,(H,23,27)/t16-,17-/m1/s1. The van der Waals surface area contributed by atoms with E-state index in [4.69, 9.17) is 11.6 Å². The van der Waals surface area contributed by atoms with Crippen LogP contribution < -0.4 is 5.32 Å². The molecule has 28 heavy (non-hydrogen) atoms. The largest absolute Gasteiger partial charge is 0.341 e. The summed E-state index contributed by atoms with van der Waals surface area (Å²) in [6.45, 7) is 10.3. The Bertz CT molecular complexity index is 663. The van der Waals surface area contributed by atoms with E-state index in [1.54, 1.807) is 24.3 Å². The highest BCUT2D eigenvalue weighted by Gasteiger charge is 2.27. The summed E-state index contributed by atoms with van der Waals surface area (Å²) in [7, 11) is 0. The summed E-state index contributed by atoms with van der Waals surface area (Å²) < 4.78 is 0. The van der Waals surface area contributed by atoms with Crippen LogP contribution in [0, 0.1) is 11.8 Å². The molecule has 0 radical (unpaired) electrons. The quantitative estimate of drug-likeness (QED) is 0.815. The van der Waals surface area contributed by atoms with Crippen molar-refractivity contribution in [1.29, 1.82) is 0 Å². The first-order valence-corrected chi connectivity index (χ1v) is 10.5. The summed E-state index contributed by atoms with van der Waals surface area (Å²) in [5.74, 6) is 1.39. The molecule has 2 heterocycles. The summed E-state index contributed by atoms with van der Waals surface area (Å²) in [4.78, 5) is 31.3. The Balaban J connectivity index is 1.38. The number of nitrogens with zero attached hydrogens (tertiary/aromatic N) is 3. The van der Waals surface area contributed by atoms with Gasteiger partial charge in [-0.05, 0) is 42.5 Å². The van der Waals surface area contributed by atoms with Crippen molar-refractivity contribution in [2.75, 3.05) is 57.7 Å². The Morgan fingerprint density at radius 1 is 0.964 bits per heavy atom. The first-order valence-electron chi connectivity index (χ1n) is 10.2. The summed E-state index contributed by atoms with van der Waals surface area (Å²) >= 11 is 5.86. The first kappa shape index (κ1) is 21.1. The van der Waals surface area contributed by atoms with E-state index in [-0.39, 0.29) is 11.8 Å². The van der Waals surface area contributed by atoms with E-state index in [1.165, 1.54) is 6.42 Å². The van der Waals surface area contributed by atoms with Crippen LogP contribution in [0.15, 0.2) is 24.3 Å². The van der Waals surface area contributed by atoms with Crippen LogP contribution in [0.25, 0.3) is 0 Å². The number of nitrogens with one attached hydrogen (secondary N) is 1. The number of anilines is 1. The third-order valence-corrected chi connectivity index (χ3v) is 5.79. The number of amides is 2. The van der Waals surface area contributed by atoms with E-state index in [9.17, 15) is 9.59 Å². The van der Waals surface area contributed by atoms with Gasteiger partial charge in [0.15, 0.2) is 0 Å². The maximum atomic E-state index is 12.6. The monoisotopic (exact) mass is 406 g/mol. The van der Waals surface area contributed by atoms with Crippen molar-refractivity contribution in [3.8, 4) is 0 Å². The number of rotatable bonds is 5. The predicted molar refractivity (Wildman–Crippen MR) is 112 cm³/mol. The Morgan fingerprint density at radius 3 is 2.07 bits per heavy atom. The van der Waals surface area contributed by atoms with Crippen LogP contribution in [0.3, 0.4) is 0 Å². The van der Waals surface area contributed by atoms with Crippen molar-refractivity contribution in [1.82, 2.24) is 14.7 Å². The third kappa shape index (κ3) is 6.19. The van der Waals surface area contributed by atoms with Crippen LogP contribution in [0.1, 0.15) is 20.3 Å². The molecule has 7 heteroatoms. The maximum absolute atomic E-state index is 12.6. The second-order valence-electron chi connectivity index (χ2n) is 8.35. The minimum Gasteiger partial charge on any atom is -0.341 e. The van der Waals surface area contributed by atoms with E-state index in [1.807, 2.05) is 4.90 Å². The van der Waals surface area contributed by atoms with E-state index in [2.05, 4.69) is 29.0 Å². The lowest BCUT2D eigenvalue weighted by atomic mass is 9.92. The molecule has 0 aliphatic carbocycles. The number of carbonyl (C=O) groups is 2. The van der Waals surface area contributed by atoms with Crippen molar-refractivity contribution >= 4 is 29.1 Å². The van der Waals surface area contributed by atoms with Gasteiger partial charge in [0.05, 0.1) is 13.1 Å².